The summed E-state index contributed by atoms with van der Waals surface area (Å²) in [6, 6.07) is 10.6. The molecule has 140 valence electrons. The molecular formula is C20H23N5O2. The Bertz CT molecular complexity index is 893. The van der Waals surface area contributed by atoms with Gasteiger partial charge in [-0.3, -0.25) is 0 Å². The fourth-order valence-electron chi connectivity index (χ4n) is 3.77. The molecule has 0 atom stereocenters. The molecule has 27 heavy (non-hydrogen) atoms. The van der Waals surface area contributed by atoms with Crippen molar-refractivity contribution in [2.75, 3.05) is 62.4 Å². The highest BCUT2D eigenvalue weighted by molar-refractivity contribution is 5.91. The zero-order chi connectivity index (χ0) is 18.1. The highest BCUT2D eigenvalue weighted by atomic mass is 16.5. The molecule has 2 saturated heterocycles. The lowest BCUT2D eigenvalue weighted by Gasteiger charge is -2.32. The lowest BCUT2D eigenvalue weighted by Crippen LogP contribution is -2.38. The third kappa shape index (κ3) is 3.24. The minimum absolute atomic E-state index is 0.744. The molecule has 7 nitrogen and oxygen atoms in total. The molecule has 0 spiro atoms. The number of aromatic amines is 1. The van der Waals surface area contributed by atoms with Crippen LogP contribution < -0.4 is 9.80 Å². The largest absolute Gasteiger partial charge is 0.378 e. The molecule has 2 aromatic heterocycles. The van der Waals surface area contributed by atoms with E-state index in [2.05, 4.69) is 38.0 Å². The molecular weight excluding hydrogens is 342 g/mol. The van der Waals surface area contributed by atoms with Gasteiger partial charge in [-0.15, -0.1) is 0 Å². The van der Waals surface area contributed by atoms with Crippen molar-refractivity contribution in [3.63, 3.8) is 0 Å². The maximum absolute atomic E-state index is 5.53. The van der Waals surface area contributed by atoms with E-state index in [0.29, 0.717) is 0 Å². The number of morpholine rings is 2. The molecule has 0 aliphatic carbocycles. The Kier molecular flexibility index (Phi) is 4.39. The average Bonchev–Trinajstić information content (AvgIpc) is 3.24. The van der Waals surface area contributed by atoms with Crippen LogP contribution in [-0.2, 0) is 9.47 Å². The molecule has 2 fully saturated rings. The van der Waals surface area contributed by atoms with Crippen molar-refractivity contribution in [2.45, 2.75) is 0 Å². The number of H-pyrrole nitrogens is 1. The van der Waals surface area contributed by atoms with Gasteiger partial charge in [0.15, 0.2) is 0 Å². The lowest BCUT2D eigenvalue weighted by atomic mass is 10.1. The Morgan fingerprint density at radius 2 is 1.63 bits per heavy atom. The van der Waals surface area contributed by atoms with E-state index in [4.69, 9.17) is 14.5 Å². The predicted octanol–water partition coefficient (Wildman–Crippen LogP) is 2.30. The van der Waals surface area contributed by atoms with Gasteiger partial charge in [-0.1, -0.05) is 12.1 Å². The van der Waals surface area contributed by atoms with Crippen LogP contribution in [0.1, 0.15) is 0 Å². The van der Waals surface area contributed by atoms with Gasteiger partial charge in [0.05, 0.1) is 49.5 Å². The molecule has 0 saturated carbocycles. The third-order valence-corrected chi connectivity index (χ3v) is 5.23. The number of imidazole rings is 1. The number of hydrogen-bond acceptors (Lipinski definition) is 6. The van der Waals surface area contributed by atoms with Gasteiger partial charge in [0.2, 0.25) is 0 Å². The SMILES string of the molecule is c1cc(-c2cc(N3CCOCC3)cc(N3CCOCC3)n2)c2nc[nH]c2c1. The fourth-order valence-corrected chi connectivity index (χ4v) is 3.77. The summed E-state index contributed by atoms with van der Waals surface area (Å²) in [4.78, 5) is 17.4. The number of ether oxygens (including phenoxy) is 2. The smallest absolute Gasteiger partial charge is 0.131 e. The summed E-state index contributed by atoms with van der Waals surface area (Å²) in [6.45, 7) is 6.55. The molecule has 0 radical (unpaired) electrons. The molecule has 2 aliphatic rings. The van der Waals surface area contributed by atoms with Gasteiger partial charge in [-0.05, 0) is 12.1 Å². The normalized spacial score (nSPS) is 18.2. The zero-order valence-corrected chi connectivity index (χ0v) is 15.2. The van der Waals surface area contributed by atoms with E-state index >= 15 is 0 Å². The predicted molar refractivity (Wildman–Crippen MR) is 105 cm³/mol. The monoisotopic (exact) mass is 365 g/mol. The van der Waals surface area contributed by atoms with Gasteiger partial charge >= 0.3 is 0 Å². The first kappa shape index (κ1) is 16.5. The van der Waals surface area contributed by atoms with E-state index in [9.17, 15) is 0 Å². The molecule has 4 heterocycles. The standard InChI is InChI=1S/C20H23N5O2/c1-2-16(20-17(3-1)21-14-22-20)18-12-15(24-4-8-26-9-5-24)13-19(23-18)25-6-10-27-11-7-25/h1-3,12-14H,4-11H2,(H,21,22). The number of fused-ring (bicyclic) bond motifs is 1. The second-order valence-electron chi connectivity index (χ2n) is 6.87. The second kappa shape index (κ2) is 7.17. The van der Waals surface area contributed by atoms with Crippen molar-refractivity contribution in [3.05, 3.63) is 36.7 Å². The summed E-state index contributed by atoms with van der Waals surface area (Å²) in [5.74, 6) is 1.00. The van der Waals surface area contributed by atoms with Crippen LogP contribution >= 0.6 is 0 Å². The van der Waals surface area contributed by atoms with E-state index in [1.54, 1.807) is 6.33 Å². The topological polar surface area (TPSA) is 66.5 Å². The molecule has 2 aliphatic heterocycles. The summed E-state index contributed by atoms with van der Waals surface area (Å²) in [5.41, 5.74) is 5.19. The highest BCUT2D eigenvalue weighted by Crippen LogP contribution is 2.31. The lowest BCUT2D eigenvalue weighted by molar-refractivity contribution is 0.122. The van der Waals surface area contributed by atoms with Gasteiger partial charge in [-0.2, -0.15) is 0 Å². The summed E-state index contributed by atoms with van der Waals surface area (Å²) in [5, 5.41) is 0. The molecule has 5 rings (SSSR count). The Hall–Kier alpha value is -2.64. The molecule has 1 N–H and O–H groups in total. The number of nitrogens with one attached hydrogen (secondary N) is 1. The first-order chi connectivity index (χ1) is 13.4. The van der Waals surface area contributed by atoms with E-state index in [1.807, 2.05) is 12.1 Å². The summed E-state index contributed by atoms with van der Waals surface area (Å²) in [6.07, 6.45) is 1.74. The van der Waals surface area contributed by atoms with Crippen LogP contribution in [0.4, 0.5) is 11.5 Å². The number of rotatable bonds is 3. The second-order valence-corrected chi connectivity index (χ2v) is 6.87. The Morgan fingerprint density at radius 3 is 2.41 bits per heavy atom. The molecule has 0 unspecified atom stereocenters. The van der Waals surface area contributed by atoms with Gasteiger partial charge in [-0.25, -0.2) is 9.97 Å². The number of benzene rings is 1. The van der Waals surface area contributed by atoms with E-state index in [1.165, 1.54) is 5.69 Å². The third-order valence-electron chi connectivity index (χ3n) is 5.23. The van der Waals surface area contributed by atoms with Gasteiger partial charge in [0.1, 0.15) is 5.82 Å². The number of aromatic nitrogens is 3. The molecule has 0 amide bonds. The quantitative estimate of drug-likeness (QED) is 0.768. The molecule has 0 bridgehead atoms. The number of para-hydroxylation sites is 1. The van der Waals surface area contributed by atoms with E-state index < -0.39 is 0 Å². The van der Waals surface area contributed by atoms with Crippen molar-refractivity contribution >= 4 is 22.5 Å². The van der Waals surface area contributed by atoms with Crippen LogP contribution in [0.25, 0.3) is 22.3 Å². The average molecular weight is 365 g/mol. The maximum atomic E-state index is 5.53. The van der Waals surface area contributed by atoms with E-state index in [-0.39, 0.29) is 0 Å². The number of anilines is 2. The van der Waals surface area contributed by atoms with Crippen molar-refractivity contribution in [2.24, 2.45) is 0 Å². The molecule has 7 heteroatoms. The minimum atomic E-state index is 0.744. The van der Waals surface area contributed by atoms with Gasteiger partial charge in [0.25, 0.3) is 0 Å². The molecule has 3 aromatic rings. The highest BCUT2D eigenvalue weighted by Gasteiger charge is 2.19. The van der Waals surface area contributed by atoms with Crippen molar-refractivity contribution in [3.8, 4) is 11.3 Å². The Morgan fingerprint density at radius 1 is 0.889 bits per heavy atom. The summed E-state index contributed by atoms with van der Waals surface area (Å²) >= 11 is 0. The van der Waals surface area contributed by atoms with Gasteiger partial charge < -0.3 is 24.3 Å². The summed E-state index contributed by atoms with van der Waals surface area (Å²) in [7, 11) is 0. The molecule has 1 aromatic carbocycles. The van der Waals surface area contributed by atoms with Crippen LogP contribution in [0.15, 0.2) is 36.7 Å². The number of hydrogen-bond donors (Lipinski definition) is 1. The Labute approximate surface area is 157 Å². The van der Waals surface area contributed by atoms with Crippen LogP contribution in [0, 0.1) is 0 Å². The van der Waals surface area contributed by atoms with Crippen molar-refractivity contribution in [1.82, 2.24) is 15.0 Å². The van der Waals surface area contributed by atoms with E-state index in [0.717, 1.165) is 80.7 Å². The minimum Gasteiger partial charge on any atom is -0.378 e. The first-order valence-electron chi connectivity index (χ1n) is 9.48. The van der Waals surface area contributed by atoms with Gasteiger partial charge in [0, 0.05) is 43.5 Å². The Balaban J connectivity index is 1.61. The van der Waals surface area contributed by atoms with Crippen LogP contribution in [0.2, 0.25) is 0 Å². The fraction of sp³-hybridized carbons (Fsp3) is 0.400. The maximum Gasteiger partial charge on any atom is 0.131 e. The number of pyridine rings is 1. The van der Waals surface area contributed by atoms with Crippen molar-refractivity contribution < 1.29 is 9.47 Å². The number of nitrogens with zero attached hydrogens (tertiary/aromatic N) is 4. The zero-order valence-electron chi connectivity index (χ0n) is 15.2. The van der Waals surface area contributed by atoms with Crippen molar-refractivity contribution in [1.29, 1.82) is 0 Å². The first-order valence-corrected chi connectivity index (χ1v) is 9.48. The van der Waals surface area contributed by atoms with Crippen LogP contribution in [-0.4, -0.2) is 67.6 Å². The van der Waals surface area contributed by atoms with Crippen LogP contribution in [0.3, 0.4) is 0 Å². The van der Waals surface area contributed by atoms with Crippen LogP contribution in [0.5, 0.6) is 0 Å². The summed E-state index contributed by atoms with van der Waals surface area (Å²) < 4.78 is 11.1.